The first kappa shape index (κ1) is 17.0. The molecule has 2 amide bonds. The molecule has 1 saturated heterocycles. The quantitative estimate of drug-likeness (QED) is 0.520. The molecule has 25 heavy (non-hydrogen) atoms. The Morgan fingerprint density at radius 1 is 1.28 bits per heavy atom. The first-order chi connectivity index (χ1) is 12.0. The zero-order valence-corrected chi connectivity index (χ0v) is 14.8. The largest absolute Gasteiger partial charge is 0.298 e. The van der Waals surface area contributed by atoms with Gasteiger partial charge in [-0.05, 0) is 43.8 Å². The Balaban J connectivity index is 1.92. The molecule has 1 aromatic carbocycles. The molecular weight excluding hydrogens is 336 g/mol. The van der Waals surface area contributed by atoms with Crippen LogP contribution in [-0.4, -0.2) is 37.6 Å². The van der Waals surface area contributed by atoms with E-state index in [2.05, 4.69) is 10.4 Å². The Bertz CT molecular complexity index is 857. The molecule has 0 aliphatic carbocycles. The molecule has 1 fully saturated rings. The second-order valence-electron chi connectivity index (χ2n) is 5.80. The van der Waals surface area contributed by atoms with E-state index in [1.807, 2.05) is 44.2 Å². The summed E-state index contributed by atoms with van der Waals surface area (Å²) in [5, 5.41) is 7.02. The van der Waals surface area contributed by atoms with Crippen molar-refractivity contribution >= 4 is 35.2 Å². The number of benzene rings is 1. The SMILES string of the molecule is CCC(C)N1C(=O)/C(=C\c2cnn(-c3ccccc3)c2)C(=O)NC1=S. The van der Waals surface area contributed by atoms with Gasteiger partial charge in [-0.25, -0.2) is 4.68 Å². The average Bonchev–Trinajstić information content (AvgIpc) is 3.07. The van der Waals surface area contributed by atoms with E-state index >= 15 is 0 Å². The average molecular weight is 354 g/mol. The molecular formula is C18H18N4O2S. The molecule has 1 aliphatic rings. The fraction of sp³-hybridized carbons (Fsp3) is 0.222. The van der Waals surface area contributed by atoms with E-state index in [1.54, 1.807) is 23.2 Å². The highest BCUT2D eigenvalue weighted by molar-refractivity contribution is 7.80. The summed E-state index contributed by atoms with van der Waals surface area (Å²) in [5.41, 5.74) is 1.62. The predicted molar refractivity (Wildman–Crippen MR) is 98.9 cm³/mol. The van der Waals surface area contributed by atoms with E-state index in [9.17, 15) is 9.59 Å². The van der Waals surface area contributed by atoms with Gasteiger partial charge >= 0.3 is 0 Å². The maximum absolute atomic E-state index is 12.7. The third-order valence-electron chi connectivity index (χ3n) is 4.10. The van der Waals surface area contributed by atoms with Crippen molar-refractivity contribution in [1.82, 2.24) is 20.0 Å². The maximum atomic E-state index is 12.7. The van der Waals surface area contributed by atoms with E-state index in [0.717, 1.165) is 12.1 Å². The molecule has 7 heteroatoms. The Kier molecular flexibility index (Phi) is 4.76. The van der Waals surface area contributed by atoms with Crippen molar-refractivity contribution in [2.45, 2.75) is 26.3 Å². The lowest BCUT2D eigenvalue weighted by molar-refractivity contribution is -0.130. The molecule has 0 bridgehead atoms. The molecule has 2 aromatic rings. The van der Waals surface area contributed by atoms with Gasteiger partial charge in [0.05, 0.1) is 11.9 Å². The topological polar surface area (TPSA) is 67.2 Å². The van der Waals surface area contributed by atoms with Crippen LogP contribution in [0.25, 0.3) is 11.8 Å². The Morgan fingerprint density at radius 2 is 2.00 bits per heavy atom. The van der Waals surface area contributed by atoms with Gasteiger partial charge in [0.15, 0.2) is 5.11 Å². The number of thiocarbonyl (C=S) groups is 1. The molecule has 2 heterocycles. The molecule has 0 spiro atoms. The lowest BCUT2D eigenvalue weighted by Gasteiger charge is -2.33. The molecule has 1 N–H and O–H groups in total. The molecule has 128 valence electrons. The number of rotatable bonds is 4. The van der Waals surface area contributed by atoms with Crippen molar-refractivity contribution in [1.29, 1.82) is 0 Å². The van der Waals surface area contributed by atoms with Crippen molar-refractivity contribution in [3.8, 4) is 5.69 Å². The second-order valence-corrected chi connectivity index (χ2v) is 6.19. The third kappa shape index (κ3) is 3.36. The summed E-state index contributed by atoms with van der Waals surface area (Å²) < 4.78 is 1.69. The van der Waals surface area contributed by atoms with E-state index in [-0.39, 0.29) is 22.6 Å². The fourth-order valence-corrected chi connectivity index (χ4v) is 2.91. The highest BCUT2D eigenvalue weighted by Crippen LogP contribution is 2.18. The van der Waals surface area contributed by atoms with Crippen molar-refractivity contribution in [2.75, 3.05) is 0 Å². The number of nitrogens with one attached hydrogen (secondary N) is 1. The first-order valence-corrected chi connectivity index (χ1v) is 8.42. The molecule has 3 rings (SSSR count). The molecule has 1 aromatic heterocycles. The van der Waals surface area contributed by atoms with Crippen molar-refractivity contribution in [3.05, 3.63) is 53.9 Å². The maximum Gasteiger partial charge on any atom is 0.265 e. The number of aromatic nitrogens is 2. The minimum atomic E-state index is -0.484. The highest BCUT2D eigenvalue weighted by Gasteiger charge is 2.35. The third-order valence-corrected chi connectivity index (χ3v) is 4.40. The van der Waals surface area contributed by atoms with E-state index in [4.69, 9.17) is 12.2 Å². The summed E-state index contributed by atoms with van der Waals surface area (Å²) >= 11 is 5.14. The number of nitrogens with zero attached hydrogens (tertiary/aromatic N) is 3. The van der Waals surface area contributed by atoms with Gasteiger partial charge in [0.25, 0.3) is 11.8 Å². The van der Waals surface area contributed by atoms with Gasteiger partial charge < -0.3 is 0 Å². The number of carbonyl (C=O) groups excluding carboxylic acids is 2. The highest BCUT2D eigenvalue weighted by atomic mass is 32.1. The first-order valence-electron chi connectivity index (χ1n) is 8.02. The lowest BCUT2D eigenvalue weighted by Crippen LogP contribution is -2.56. The Hall–Kier alpha value is -2.80. The van der Waals surface area contributed by atoms with Crippen molar-refractivity contribution in [2.24, 2.45) is 0 Å². The molecule has 1 atom stereocenters. The van der Waals surface area contributed by atoms with Crippen LogP contribution >= 0.6 is 12.2 Å². The smallest absolute Gasteiger partial charge is 0.265 e. The van der Waals surface area contributed by atoms with E-state index in [1.165, 1.54) is 4.90 Å². The standard InChI is InChI=1S/C18H18N4O2S/c1-3-12(2)22-17(24)15(16(23)20-18(22)25)9-13-10-19-21(11-13)14-7-5-4-6-8-14/h4-12H,3H2,1-2H3,(H,20,23,25)/b15-9-. The summed E-state index contributed by atoms with van der Waals surface area (Å²) in [4.78, 5) is 26.4. The minimum Gasteiger partial charge on any atom is -0.298 e. The molecule has 1 aliphatic heterocycles. The molecule has 0 radical (unpaired) electrons. The second kappa shape index (κ2) is 6.98. The van der Waals surface area contributed by atoms with Gasteiger partial charge in [0.2, 0.25) is 0 Å². The number of para-hydroxylation sites is 1. The fourth-order valence-electron chi connectivity index (χ4n) is 2.55. The zero-order chi connectivity index (χ0) is 18.0. The minimum absolute atomic E-state index is 0.0570. The van der Waals surface area contributed by atoms with Crippen molar-refractivity contribution in [3.63, 3.8) is 0 Å². The molecule has 0 saturated carbocycles. The van der Waals surface area contributed by atoms with Crippen LogP contribution in [0.1, 0.15) is 25.8 Å². The van der Waals surface area contributed by atoms with Crippen LogP contribution in [-0.2, 0) is 9.59 Å². The van der Waals surface area contributed by atoms with Gasteiger partial charge in [-0.2, -0.15) is 5.10 Å². The summed E-state index contributed by atoms with van der Waals surface area (Å²) in [7, 11) is 0. The van der Waals surface area contributed by atoms with Crippen LogP contribution < -0.4 is 5.32 Å². The summed E-state index contributed by atoms with van der Waals surface area (Å²) in [5.74, 6) is -0.863. The normalized spacial score (nSPS) is 17.8. The predicted octanol–water partition coefficient (Wildman–Crippen LogP) is 2.30. The number of hydrogen-bond acceptors (Lipinski definition) is 4. The molecule has 1 unspecified atom stereocenters. The van der Waals surface area contributed by atoms with Gasteiger partial charge in [0.1, 0.15) is 5.57 Å². The number of carbonyl (C=O) groups is 2. The molecule has 6 nitrogen and oxygen atoms in total. The summed E-state index contributed by atoms with van der Waals surface area (Å²) in [6, 6.07) is 9.51. The zero-order valence-electron chi connectivity index (χ0n) is 14.0. The van der Waals surface area contributed by atoms with Gasteiger partial charge in [0, 0.05) is 17.8 Å². The van der Waals surface area contributed by atoms with Crippen molar-refractivity contribution < 1.29 is 9.59 Å². The monoisotopic (exact) mass is 354 g/mol. The Morgan fingerprint density at radius 3 is 2.68 bits per heavy atom. The summed E-state index contributed by atoms with van der Waals surface area (Å²) in [6.45, 7) is 3.86. The van der Waals surface area contributed by atoms with E-state index in [0.29, 0.717) is 5.56 Å². The number of hydrogen-bond donors (Lipinski definition) is 1. The van der Waals surface area contributed by atoms with Crippen LogP contribution in [0.2, 0.25) is 0 Å². The van der Waals surface area contributed by atoms with Gasteiger partial charge in [-0.15, -0.1) is 0 Å². The number of amides is 2. The van der Waals surface area contributed by atoms with Crippen LogP contribution in [0.15, 0.2) is 48.3 Å². The Labute approximate surface area is 151 Å². The van der Waals surface area contributed by atoms with Crippen LogP contribution in [0.3, 0.4) is 0 Å². The van der Waals surface area contributed by atoms with E-state index < -0.39 is 5.91 Å². The van der Waals surface area contributed by atoms with Gasteiger partial charge in [-0.3, -0.25) is 19.8 Å². The van der Waals surface area contributed by atoms with Gasteiger partial charge in [-0.1, -0.05) is 25.1 Å². The summed E-state index contributed by atoms with van der Waals surface area (Å²) in [6.07, 6.45) is 5.66. The van der Waals surface area contributed by atoms with Crippen LogP contribution in [0.5, 0.6) is 0 Å². The lowest BCUT2D eigenvalue weighted by atomic mass is 10.1. The van der Waals surface area contributed by atoms with Crippen LogP contribution in [0, 0.1) is 0 Å². The van der Waals surface area contributed by atoms with Crippen LogP contribution in [0.4, 0.5) is 0 Å².